The predicted molar refractivity (Wildman–Crippen MR) is 89.5 cm³/mol. The molecule has 0 unspecified atom stereocenters. The van der Waals surface area contributed by atoms with E-state index in [0.29, 0.717) is 17.2 Å². The van der Waals surface area contributed by atoms with E-state index in [-0.39, 0.29) is 17.4 Å². The van der Waals surface area contributed by atoms with Crippen molar-refractivity contribution in [3.8, 4) is 17.5 Å². The van der Waals surface area contributed by atoms with Gasteiger partial charge in [-0.3, -0.25) is 4.79 Å². The van der Waals surface area contributed by atoms with E-state index in [1.54, 1.807) is 24.3 Å². The topological polar surface area (TPSA) is 73.3 Å². The first-order valence-electron chi connectivity index (χ1n) is 7.35. The minimum Gasteiger partial charge on any atom is -0.467 e. The van der Waals surface area contributed by atoms with Gasteiger partial charge in [-0.2, -0.15) is 0 Å². The van der Waals surface area contributed by atoms with Crippen LogP contribution in [0, 0.1) is 5.82 Å². The van der Waals surface area contributed by atoms with Crippen LogP contribution in [-0.2, 0) is 0 Å². The maximum Gasteiger partial charge on any atom is 0.316 e. The Hall–Kier alpha value is -3.48. The number of ether oxygens (including phenoxy) is 2. The summed E-state index contributed by atoms with van der Waals surface area (Å²) >= 11 is 0. The van der Waals surface area contributed by atoms with Crippen molar-refractivity contribution in [1.82, 2.24) is 9.97 Å². The fourth-order valence-corrected chi connectivity index (χ4v) is 2.02. The summed E-state index contributed by atoms with van der Waals surface area (Å²) in [6, 6.07) is 12.7. The molecule has 0 aliphatic rings. The molecule has 1 aromatic heterocycles. The van der Waals surface area contributed by atoms with Crippen molar-refractivity contribution in [3.05, 3.63) is 72.3 Å². The molecule has 2 aromatic carbocycles. The number of carbonyl (C=O) groups is 1. The normalized spacial score (nSPS) is 10.2. The number of halogens is 1. The van der Waals surface area contributed by atoms with Crippen LogP contribution in [0.4, 0.5) is 10.1 Å². The molecule has 25 heavy (non-hydrogen) atoms. The molecule has 0 aliphatic heterocycles. The Kier molecular flexibility index (Phi) is 4.84. The van der Waals surface area contributed by atoms with E-state index in [9.17, 15) is 9.18 Å². The number of nitrogens with zero attached hydrogens (tertiary/aromatic N) is 2. The Bertz CT molecular complexity index is 867. The minimum absolute atomic E-state index is 0.177. The first kappa shape index (κ1) is 16.4. The SMILES string of the molecule is COc1ncc(C(=O)Nc2ccccc2Oc2ccc(F)cc2)cn1. The number of methoxy groups -OCH3 is 1. The molecule has 0 radical (unpaired) electrons. The van der Waals surface area contributed by atoms with Crippen LogP contribution in [0.15, 0.2) is 60.9 Å². The van der Waals surface area contributed by atoms with Gasteiger partial charge in [0.25, 0.3) is 5.91 Å². The molecule has 7 heteroatoms. The molecule has 3 rings (SSSR count). The fourth-order valence-electron chi connectivity index (χ4n) is 2.02. The molecule has 0 atom stereocenters. The number of aromatic nitrogens is 2. The largest absolute Gasteiger partial charge is 0.467 e. The second-order valence-corrected chi connectivity index (χ2v) is 4.96. The Morgan fingerprint density at radius 2 is 1.72 bits per heavy atom. The lowest BCUT2D eigenvalue weighted by molar-refractivity contribution is 0.102. The van der Waals surface area contributed by atoms with Crippen LogP contribution in [0.5, 0.6) is 17.5 Å². The summed E-state index contributed by atoms with van der Waals surface area (Å²) in [6.07, 6.45) is 2.73. The second kappa shape index (κ2) is 7.39. The molecule has 126 valence electrons. The lowest BCUT2D eigenvalue weighted by Gasteiger charge is -2.12. The van der Waals surface area contributed by atoms with Crippen LogP contribution >= 0.6 is 0 Å². The van der Waals surface area contributed by atoms with E-state index in [0.717, 1.165) is 0 Å². The Morgan fingerprint density at radius 3 is 2.40 bits per heavy atom. The van der Waals surface area contributed by atoms with Crippen LogP contribution in [0.1, 0.15) is 10.4 Å². The zero-order valence-corrected chi connectivity index (χ0v) is 13.3. The standard InChI is InChI=1S/C18H14FN3O3/c1-24-18-20-10-12(11-21-18)17(23)22-15-4-2-3-5-16(15)25-14-8-6-13(19)7-9-14/h2-11H,1H3,(H,22,23). The van der Waals surface area contributed by atoms with Gasteiger partial charge in [-0.15, -0.1) is 0 Å². The lowest BCUT2D eigenvalue weighted by atomic mass is 10.2. The molecule has 1 N–H and O–H groups in total. The minimum atomic E-state index is -0.391. The van der Waals surface area contributed by atoms with Crippen LogP contribution in [-0.4, -0.2) is 23.0 Å². The molecule has 0 bridgehead atoms. The quantitative estimate of drug-likeness (QED) is 0.768. The van der Waals surface area contributed by atoms with Crippen LogP contribution in [0.25, 0.3) is 0 Å². The molecule has 0 spiro atoms. The van der Waals surface area contributed by atoms with Gasteiger partial charge in [-0.25, -0.2) is 14.4 Å². The number of hydrogen-bond donors (Lipinski definition) is 1. The van der Waals surface area contributed by atoms with Gasteiger partial charge in [0.15, 0.2) is 5.75 Å². The van der Waals surface area contributed by atoms with E-state index in [1.165, 1.54) is 43.8 Å². The molecule has 0 saturated heterocycles. The van der Waals surface area contributed by atoms with Crippen molar-refractivity contribution in [2.45, 2.75) is 0 Å². The van der Waals surface area contributed by atoms with E-state index in [4.69, 9.17) is 9.47 Å². The number of rotatable bonds is 5. The summed E-state index contributed by atoms with van der Waals surface area (Å²) < 4.78 is 23.6. The average molecular weight is 339 g/mol. The zero-order valence-electron chi connectivity index (χ0n) is 13.3. The van der Waals surface area contributed by atoms with Crippen molar-refractivity contribution < 1.29 is 18.7 Å². The molecule has 6 nitrogen and oxygen atoms in total. The highest BCUT2D eigenvalue weighted by Gasteiger charge is 2.11. The molecular formula is C18H14FN3O3. The summed E-state index contributed by atoms with van der Waals surface area (Å²) in [5, 5.41) is 2.74. The van der Waals surface area contributed by atoms with Crippen molar-refractivity contribution in [2.75, 3.05) is 12.4 Å². The van der Waals surface area contributed by atoms with Gasteiger partial charge in [0.2, 0.25) is 0 Å². The van der Waals surface area contributed by atoms with Crippen molar-refractivity contribution in [1.29, 1.82) is 0 Å². The predicted octanol–water partition coefficient (Wildman–Crippen LogP) is 3.67. The summed E-state index contributed by atoms with van der Waals surface area (Å²) in [5.41, 5.74) is 0.741. The van der Waals surface area contributed by atoms with E-state index >= 15 is 0 Å². The molecule has 0 fully saturated rings. The maximum absolute atomic E-state index is 13.0. The van der Waals surface area contributed by atoms with Gasteiger partial charge >= 0.3 is 6.01 Å². The highest BCUT2D eigenvalue weighted by atomic mass is 19.1. The number of amides is 1. The molecule has 3 aromatic rings. The number of nitrogens with one attached hydrogen (secondary N) is 1. The molecule has 1 amide bonds. The summed E-state index contributed by atoms with van der Waals surface area (Å²) in [7, 11) is 1.44. The van der Waals surface area contributed by atoms with Crippen molar-refractivity contribution in [2.24, 2.45) is 0 Å². The van der Waals surface area contributed by atoms with E-state index in [1.807, 2.05) is 0 Å². The van der Waals surface area contributed by atoms with Gasteiger partial charge < -0.3 is 14.8 Å². The molecule has 0 aliphatic carbocycles. The van der Waals surface area contributed by atoms with Gasteiger partial charge in [0.1, 0.15) is 11.6 Å². The first-order chi connectivity index (χ1) is 12.2. The number of anilines is 1. The number of hydrogen-bond acceptors (Lipinski definition) is 5. The molecular weight excluding hydrogens is 325 g/mol. The first-order valence-corrected chi connectivity index (χ1v) is 7.35. The third-order valence-electron chi connectivity index (χ3n) is 3.25. The van der Waals surface area contributed by atoms with Gasteiger partial charge in [-0.1, -0.05) is 12.1 Å². The summed E-state index contributed by atoms with van der Waals surface area (Å²) in [6.45, 7) is 0. The van der Waals surface area contributed by atoms with Gasteiger partial charge in [0.05, 0.1) is 18.4 Å². The van der Waals surface area contributed by atoms with Crippen LogP contribution < -0.4 is 14.8 Å². The molecule has 1 heterocycles. The summed E-state index contributed by atoms with van der Waals surface area (Å²) in [5.74, 6) is 0.138. The average Bonchev–Trinajstić information content (AvgIpc) is 2.65. The van der Waals surface area contributed by atoms with Crippen LogP contribution in [0.2, 0.25) is 0 Å². The van der Waals surface area contributed by atoms with E-state index in [2.05, 4.69) is 15.3 Å². The number of carbonyl (C=O) groups excluding carboxylic acids is 1. The Balaban J connectivity index is 1.77. The van der Waals surface area contributed by atoms with Gasteiger partial charge in [0, 0.05) is 12.4 Å². The van der Waals surface area contributed by atoms with Crippen LogP contribution in [0.3, 0.4) is 0 Å². The maximum atomic E-state index is 13.0. The summed E-state index contributed by atoms with van der Waals surface area (Å²) in [4.78, 5) is 20.1. The Morgan fingerprint density at radius 1 is 1.04 bits per heavy atom. The fraction of sp³-hybridized carbons (Fsp3) is 0.0556. The zero-order chi connectivity index (χ0) is 17.6. The Labute approximate surface area is 143 Å². The van der Waals surface area contributed by atoms with Crippen molar-refractivity contribution >= 4 is 11.6 Å². The monoisotopic (exact) mass is 339 g/mol. The second-order valence-electron chi connectivity index (χ2n) is 4.96. The number of para-hydroxylation sites is 2. The molecule has 0 saturated carbocycles. The third-order valence-corrected chi connectivity index (χ3v) is 3.25. The number of benzene rings is 2. The smallest absolute Gasteiger partial charge is 0.316 e. The van der Waals surface area contributed by atoms with Gasteiger partial charge in [-0.05, 0) is 36.4 Å². The van der Waals surface area contributed by atoms with E-state index < -0.39 is 5.91 Å². The van der Waals surface area contributed by atoms with Crippen molar-refractivity contribution in [3.63, 3.8) is 0 Å². The third kappa shape index (κ3) is 4.08. The highest BCUT2D eigenvalue weighted by molar-refractivity contribution is 6.04. The highest BCUT2D eigenvalue weighted by Crippen LogP contribution is 2.29. The lowest BCUT2D eigenvalue weighted by Crippen LogP contribution is -2.13.